The van der Waals surface area contributed by atoms with E-state index >= 15 is 0 Å². The average Bonchev–Trinajstić information content (AvgIpc) is 3.41. The molecule has 11 heteroatoms. The Morgan fingerprint density at radius 1 is 1.04 bits per heavy atom. The van der Waals surface area contributed by atoms with Crippen LogP contribution in [0, 0.1) is 0 Å². The number of benzene rings is 3. The Balaban J connectivity index is 0.000000533. The number of carbonyl (C=O) groups is 3. The van der Waals surface area contributed by atoms with Gasteiger partial charge in [0.1, 0.15) is 11.4 Å². The van der Waals surface area contributed by atoms with Crippen molar-refractivity contribution in [2.24, 2.45) is 0 Å². The fourth-order valence-electron chi connectivity index (χ4n) is 6.07. The third kappa shape index (κ3) is 9.10. The Labute approximate surface area is 278 Å². The number of carboxylic acids is 2. The molecule has 0 radical (unpaired) electrons. The minimum absolute atomic E-state index is 0.0120. The van der Waals surface area contributed by atoms with Gasteiger partial charge in [-0.15, -0.1) is 0 Å². The number of carboxylic acid groups (broad SMARTS) is 2. The van der Waals surface area contributed by atoms with Gasteiger partial charge in [-0.05, 0) is 59.2 Å². The van der Waals surface area contributed by atoms with Gasteiger partial charge in [0.2, 0.25) is 0 Å². The van der Waals surface area contributed by atoms with Crippen molar-refractivity contribution >= 4 is 41.0 Å². The molecular weight excluding hydrogens is 631 g/mol. The molecule has 1 saturated heterocycles. The summed E-state index contributed by atoms with van der Waals surface area (Å²) in [5, 5.41) is 18.3. The summed E-state index contributed by atoms with van der Waals surface area (Å²) in [6, 6.07) is 21.7. The van der Waals surface area contributed by atoms with Crippen molar-refractivity contribution in [3.8, 4) is 5.75 Å². The Morgan fingerprint density at radius 3 is 2.35 bits per heavy atom. The number of ether oxygens (including phenoxy) is 2. The second-order valence-electron chi connectivity index (χ2n) is 11.5. The van der Waals surface area contributed by atoms with E-state index in [4.69, 9.17) is 37.8 Å². The van der Waals surface area contributed by atoms with Crippen LogP contribution >= 0.6 is 23.2 Å². The normalized spacial score (nSPS) is 19.2. The van der Waals surface area contributed by atoms with Crippen molar-refractivity contribution < 1.29 is 39.0 Å². The standard InChI is InChI=1S/C31H34Cl2N2O3.C4H4O4/c1-34(30(36)22-7-10-26(37-2)11-8-22)20-24(23-9-12-28(32)29(33)19-23)13-16-35-17-14-31(15-18-35)27-6-4-3-5-25(27)21-38-31;5-3(6)1-2-4(7)8/h3-12,19,24H,13-18,20-21H2,1-2H3;1-2H,(H,5,6)(H,7,8)/b;2-1+. The van der Waals surface area contributed by atoms with Gasteiger partial charge in [-0.2, -0.15) is 0 Å². The molecule has 0 bridgehead atoms. The maximum absolute atomic E-state index is 13.2. The second kappa shape index (κ2) is 16.1. The van der Waals surface area contributed by atoms with Crippen LogP contribution in [-0.4, -0.2) is 68.2 Å². The zero-order chi connectivity index (χ0) is 33.3. The minimum Gasteiger partial charge on any atom is -0.545 e. The van der Waals surface area contributed by atoms with E-state index in [0.29, 0.717) is 34.3 Å². The second-order valence-corrected chi connectivity index (χ2v) is 12.3. The summed E-state index contributed by atoms with van der Waals surface area (Å²) >= 11 is 12.6. The summed E-state index contributed by atoms with van der Waals surface area (Å²) in [7, 11) is 3.48. The largest absolute Gasteiger partial charge is 0.545 e. The monoisotopic (exact) mass is 668 g/mol. The lowest BCUT2D eigenvalue weighted by Crippen LogP contribution is -3.13. The minimum atomic E-state index is -1.51. The van der Waals surface area contributed by atoms with E-state index in [1.165, 1.54) is 11.1 Å². The smallest absolute Gasteiger partial charge is 0.328 e. The Morgan fingerprint density at radius 2 is 1.74 bits per heavy atom. The summed E-state index contributed by atoms with van der Waals surface area (Å²) in [6.45, 7) is 4.48. The number of nitrogens with zero attached hydrogens (tertiary/aromatic N) is 1. The first kappa shape index (κ1) is 35.0. The third-order valence-electron chi connectivity index (χ3n) is 8.58. The number of likely N-dealkylation sites (tertiary alicyclic amines) is 1. The lowest BCUT2D eigenvalue weighted by molar-refractivity contribution is -0.908. The van der Waals surface area contributed by atoms with Crippen molar-refractivity contribution in [3.63, 3.8) is 0 Å². The summed E-state index contributed by atoms with van der Waals surface area (Å²) in [6.07, 6.45) is 3.95. The molecule has 1 spiro atoms. The van der Waals surface area contributed by atoms with Crippen LogP contribution in [-0.2, 0) is 26.5 Å². The molecule has 2 aliphatic heterocycles. The number of likely N-dealkylation sites (N-methyl/N-ethyl adjacent to an activating group) is 1. The van der Waals surface area contributed by atoms with Gasteiger partial charge in [0.25, 0.3) is 5.91 Å². The molecule has 1 fully saturated rings. The zero-order valence-electron chi connectivity index (χ0n) is 25.8. The molecule has 1 unspecified atom stereocenters. The van der Waals surface area contributed by atoms with E-state index in [-0.39, 0.29) is 17.4 Å². The summed E-state index contributed by atoms with van der Waals surface area (Å²) in [5.74, 6) is -1.94. The number of quaternary nitrogens is 1. The van der Waals surface area contributed by atoms with E-state index in [9.17, 15) is 19.5 Å². The van der Waals surface area contributed by atoms with Crippen LogP contribution in [0.15, 0.2) is 78.9 Å². The predicted octanol–water partition coefficient (Wildman–Crippen LogP) is 3.73. The molecule has 9 nitrogen and oxygen atoms in total. The van der Waals surface area contributed by atoms with Crippen molar-refractivity contribution in [3.05, 3.63) is 111 Å². The van der Waals surface area contributed by atoms with Crippen LogP contribution < -0.4 is 14.7 Å². The van der Waals surface area contributed by atoms with Gasteiger partial charge in [-0.3, -0.25) is 4.79 Å². The molecule has 46 heavy (non-hydrogen) atoms. The fourth-order valence-corrected chi connectivity index (χ4v) is 6.38. The van der Waals surface area contributed by atoms with Crippen molar-refractivity contribution in [2.45, 2.75) is 37.4 Å². The maximum atomic E-state index is 13.2. The van der Waals surface area contributed by atoms with Gasteiger partial charge in [-0.1, -0.05) is 53.5 Å². The first-order valence-corrected chi connectivity index (χ1v) is 15.8. The lowest BCUT2D eigenvalue weighted by atomic mass is 9.83. The fraction of sp³-hybridized carbons (Fsp3) is 0.343. The molecule has 244 valence electrons. The highest BCUT2D eigenvalue weighted by atomic mass is 35.5. The molecule has 2 N–H and O–H groups in total. The molecule has 1 amide bonds. The molecule has 3 aromatic rings. The van der Waals surface area contributed by atoms with Crippen molar-refractivity contribution in [1.82, 2.24) is 4.90 Å². The van der Waals surface area contributed by atoms with E-state index < -0.39 is 11.9 Å². The molecule has 5 rings (SSSR count). The van der Waals surface area contributed by atoms with Gasteiger partial charge in [0.15, 0.2) is 0 Å². The van der Waals surface area contributed by atoms with Crippen LogP contribution in [0.1, 0.15) is 52.2 Å². The van der Waals surface area contributed by atoms with Gasteiger partial charge in [-0.25, -0.2) is 4.79 Å². The van der Waals surface area contributed by atoms with Gasteiger partial charge in [0, 0.05) is 50.4 Å². The number of amides is 1. The van der Waals surface area contributed by atoms with E-state index in [0.717, 1.165) is 56.8 Å². The van der Waals surface area contributed by atoms with Crippen molar-refractivity contribution in [1.29, 1.82) is 0 Å². The zero-order valence-corrected chi connectivity index (χ0v) is 27.4. The van der Waals surface area contributed by atoms with E-state index in [1.807, 2.05) is 49.5 Å². The number of piperidine rings is 1. The topological polar surface area (TPSA) is 121 Å². The van der Waals surface area contributed by atoms with Crippen LogP contribution in [0.5, 0.6) is 5.75 Å². The van der Waals surface area contributed by atoms with E-state index in [2.05, 4.69) is 24.3 Å². The summed E-state index contributed by atoms with van der Waals surface area (Å²) in [4.78, 5) is 35.6. The number of aliphatic carboxylic acids is 2. The number of hydrogen-bond donors (Lipinski definition) is 2. The molecule has 1 atom stereocenters. The van der Waals surface area contributed by atoms with Crippen LogP contribution in [0.2, 0.25) is 10.0 Å². The number of rotatable bonds is 10. The lowest BCUT2D eigenvalue weighted by Gasteiger charge is -2.37. The first-order chi connectivity index (χ1) is 22.0. The number of methoxy groups -OCH3 is 1. The first-order valence-electron chi connectivity index (χ1n) is 15.0. The Bertz CT molecular complexity index is 1540. The molecule has 2 aliphatic rings. The maximum Gasteiger partial charge on any atom is 0.328 e. The van der Waals surface area contributed by atoms with Gasteiger partial charge < -0.3 is 34.3 Å². The number of halogens is 2. The molecule has 0 saturated carbocycles. The highest BCUT2D eigenvalue weighted by Crippen LogP contribution is 2.42. The van der Waals surface area contributed by atoms with Gasteiger partial charge >= 0.3 is 5.97 Å². The third-order valence-corrected chi connectivity index (χ3v) is 9.32. The highest BCUT2D eigenvalue weighted by molar-refractivity contribution is 6.42. The number of carbonyl (C=O) groups excluding carboxylic acids is 2. The molecule has 2 heterocycles. The highest BCUT2D eigenvalue weighted by Gasteiger charge is 2.44. The molecule has 3 aromatic carbocycles. The number of fused-ring (bicyclic) bond motifs is 2. The average molecular weight is 670 g/mol. The Hall–Kier alpha value is -3.89. The molecule has 0 aliphatic carbocycles. The SMILES string of the molecule is COc1ccc(C(=O)N(C)CC(CC[NH+]2CCC3(CC2)OCc2ccccc23)c2ccc(Cl)c(Cl)c2)cc1.O=C([O-])/C=C/C(=O)O. The molecule has 0 aromatic heterocycles. The Kier molecular flexibility index (Phi) is 12.2. The van der Waals surface area contributed by atoms with Crippen LogP contribution in [0.4, 0.5) is 0 Å². The number of nitrogens with one attached hydrogen (secondary N) is 1. The van der Waals surface area contributed by atoms with E-state index in [1.54, 1.807) is 16.9 Å². The summed E-state index contributed by atoms with van der Waals surface area (Å²) in [5.41, 5.74) is 4.35. The quantitative estimate of drug-likeness (QED) is 0.316. The van der Waals surface area contributed by atoms with Crippen LogP contribution in [0.25, 0.3) is 0 Å². The predicted molar refractivity (Wildman–Crippen MR) is 173 cm³/mol. The van der Waals surface area contributed by atoms with Crippen molar-refractivity contribution in [2.75, 3.05) is 40.3 Å². The summed E-state index contributed by atoms with van der Waals surface area (Å²) < 4.78 is 11.6. The van der Waals surface area contributed by atoms with Crippen LogP contribution in [0.3, 0.4) is 0 Å². The van der Waals surface area contributed by atoms with Gasteiger partial charge in [0.05, 0.1) is 49.4 Å². The number of hydrogen-bond acceptors (Lipinski definition) is 6. The molecular formula is C35H38Cl2N2O7.